The average molecular weight is 490 g/mol. The van der Waals surface area contributed by atoms with Crippen LogP contribution >= 0.6 is 0 Å². The summed E-state index contributed by atoms with van der Waals surface area (Å²) in [6, 6.07) is 18.7. The number of aryl methyl sites for hydroxylation is 1. The highest BCUT2D eigenvalue weighted by atomic mass is 15.2. The summed E-state index contributed by atoms with van der Waals surface area (Å²) in [6.45, 7) is 2.51. The molecule has 1 saturated carbocycles. The molecule has 196 valence electrons. The molecule has 0 bridgehead atoms. The van der Waals surface area contributed by atoms with Crippen molar-refractivity contribution in [3.63, 3.8) is 0 Å². The number of hydrogen-bond acceptors (Lipinski definition) is 5. The Hall–Kier alpha value is -2.66. The number of nitrogens with zero attached hydrogens (tertiary/aromatic N) is 3. The van der Waals surface area contributed by atoms with E-state index >= 15 is 0 Å². The van der Waals surface area contributed by atoms with Crippen LogP contribution in [0.15, 0.2) is 54.6 Å². The maximum atomic E-state index is 5.61. The Morgan fingerprint density at radius 2 is 1.47 bits per heavy atom. The number of rotatable bonds is 12. The Balaban J connectivity index is 0.000000221. The van der Waals surface area contributed by atoms with Crippen molar-refractivity contribution in [1.82, 2.24) is 15.3 Å². The van der Waals surface area contributed by atoms with Gasteiger partial charge in [0.1, 0.15) is 5.82 Å². The first-order valence-corrected chi connectivity index (χ1v) is 14.1. The van der Waals surface area contributed by atoms with Crippen LogP contribution in [-0.2, 0) is 6.42 Å². The van der Waals surface area contributed by atoms with Crippen molar-refractivity contribution in [2.75, 3.05) is 37.8 Å². The van der Waals surface area contributed by atoms with Gasteiger partial charge in [0, 0.05) is 19.5 Å². The first kappa shape index (κ1) is 27.9. The van der Waals surface area contributed by atoms with Gasteiger partial charge in [-0.1, -0.05) is 87.4 Å². The van der Waals surface area contributed by atoms with Crippen molar-refractivity contribution in [2.45, 2.75) is 77.0 Å². The van der Waals surface area contributed by atoms with Gasteiger partial charge in [-0.3, -0.25) is 0 Å². The summed E-state index contributed by atoms with van der Waals surface area (Å²) in [5.74, 6) is 2.15. The molecule has 1 heterocycles. The topological polar surface area (TPSA) is 67.1 Å². The maximum absolute atomic E-state index is 5.61. The van der Waals surface area contributed by atoms with E-state index in [0.29, 0.717) is 5.95 Å². The van der Waals surface area contributed by atoms with Gasteiger partial charge in [-0.05, 0) is 68.8 Å². The number of benzene rings is 2. The summed E-state index contributed by atoms with van der Waals surface area (Å²) in [7, 11) is 3.88. The van der Waals surface area contributed by atoms with E-state index in [0.717, 1.165) is 22.6 Å². The van der Waals surface area contributed by atoms with E-state index in [2.05, 4.69) is 45.6 Å². The molecule has 36 heavy (non-hydrogen) atoms. The highest BCUT2D eigenvalue weighted by Gasteiger charge is 2.12. The molecule has 1 aliphatic carbocycles. The van der Waals surface area contributed by atoms with Gasteiger partial charge in [0.25, 0.3) is 0 Å². The first-order chi connectivity index (χ1) is 17.6. The molecule has 0 atom stereocenters. The highest BCUT2D eigenvalue weighted by Crippen LogP contribution is 2.23. The van der Waals surface area contributed by atoms with Crippen molar-refractivity contribution >= 4 is 22.7 Å². The fraction of sp³-hybridized carbons (Fsp3) is 0.548. The minimum atomic E-state index is 0.312. The van der Waals surface area contributed by atoms with E-state index in [-0.39, 0.29) is 0 Å². The molecule has 0 spiro atoms. The smallest absolute Gasteiger partial charge is 0.222 e. The lowest BCUT2D eigenvalue weighted by Gasteiger charge is -2.21. The molecule has 1 aliphatic rings. The minimum Gasteiger partial charge on any atom is -0.368 e. The molecule has 1 aromatic heterocycles. The zero-order valence-electron chi connectivity index (χ0n) is 22.6. The number of aromatic nitrogens is 2. The third kappa shape index (κ3) is 10.1. The summed E-state index contributed by atoms with van der Waals surface area (Å²) in [5, 5.41) is 4.70. The fourth-order valence-corrected chi connectivity index (χ4v) is 5.05. The van der Waals surface area contributed by atoms with Crippen LogP contribution in [0.1, 0.15) is 76.2 Å². The van der Waals surface area contributed by atoms with Gasteiger partial charge in [-0.25, -0.2) is 4.98 Å². The Morgan fingerprint density at radius 3 is 2.22 bits per heavy atom. The molecular formula is C31H47N5. The third-order valence-corrected chi connectivity index (χ3v) is 7.09. The molecule has 0 aliphatic heterocycles. The van der Waals surface area contributed by atoms with Crippen LogP contribution in [0.2, 0.25) is 0 Å². The number of fused-ring (bicyclic) bond motifs is 1. The number of nitrogen functional groups attached to an aromatic ring is 1. The Morgan fingerprint density at radius 1 is 0.806 bits per heavy atom. The van der Waals surface area contributed by atoms with Gasteiger partial charge in [-0.2, -0.15) is 4.98 Å². The highest BCUT2D eigenvalue weighted by molar-refractivity contribution is 5.90. The lowest BCUT2D eigenvalue weighted by atomic mass is 9.89. The second-order valence-corrected chi connectivity index (χ2v) is 10.4. The van der Waals surface area contributed by atoms with E-state index in [9.17, 15) is 0 Å². The largest absolute Gasteiger partial charge is 0.368 e. The molecule has 3 N–H and O–H groups in total. The summed E-state index contributed by atoms with van der Waals surface area (Å²) in [6.07, 6.45) is 16.9. The molecule has 2 aromatic carbocycles. The molecule has 0 amide bonds. The third-order valence-electron chi connectivity index (χ3n) is 7.09. The normalized spacial score (nSPS) is 13.8. The van der Waals surface area contributed by atoms with E-state index in [1.807, 2.05) is 43.3 Å². The number of nitrogens with one attached hydrogen (secondary N) is 1. The van der Waals surface area contributed by atoms with Gasteiger partial charge in [0.05, 0.1) is 5.52 Å². The van der Waals surface area contributed by atoms with Gasteiger partial charge in [0.15, 0.2) is 0 Å². The SMILES string of the molecule is CN(C)c1nc(N)nc2ccccc12.c1ccc(CCCCCCCCNCC2CCCCC2)cc1. The molecule has 0 unspecified atom stereocenters. The second-order valence-electron chi connectivity index (χ2n) is 10.4. The fourth-order valence-electron chi connectivity index (χ4n) is 5.05. The lowest BCUT2D eigenvalue weighted by molar-refractivity contribution is 0.341. The van der Waals surface area contributed by atoms with Crippen molar-refractivity contribution in [3.05, 3.63) is 60.2 Å². The number of nitrogens with two attached hydrogens (primary N) is 1. The number of hydrogen-bond donors (Lipinski definition) is 2. The van der Waals surface area contributed by atoms with Crippen molar-refractivity contribution in [1.29, 1.82) is 0 Å². The zero-order chi connectivity index (χ0) is 25.4. The number of para-hydroxylation sites is 1. The Bertz CT molecular complexity index is 983. The van der Waals surface area contributed by atoms with Gasteiger partial charge in [-0.15, -0.1) is 0 Å². The van der Waals surface area contributed by atoms with E-state index < -0.39 is 0 Å². The standard InChI is InChI=1S/C21H35N.C10H12N4/c1(3-7-13-20-14-8-5-9-15-20)2-4-12-18-22-19-21-16-10-6-11-17-21;1-14(2)9-7-5-3-4-6-8(7)12-10(11)13-9/h5,8-9,14-15,21-22H,1-4,6-7,10-13,16-19H2;3-6H,1-2H3,(H2,11,12,13). The van der Waals surface area contributed by atoms with Gasteiger partial charge >= 0.3 is 0 Å². The van der Waals surface area contributed by atoms with Crippen LogP contribution < -0.4 is 16.0 Å². The number of unbranched alkanes of at least 4 members (excludes halogenated alkanes) is 5. The van der Waals surface area contributed by atoms with Crippen LogP contribution in [0.25, 0.3) is 10.9 Å². The van der Waals surface area contributed by atoms with Crippen molar-refractivity contribution < 1.29 is 0 Å². The Labute approximate surface area is 218 Å². The van der Waals surface area contributed by atoms with Crippen molar-refractivity contribution in [3.8, 4) is 0 Å². The molecule has 0 radical (unpaired) electrons. The Kier molecular flexibility index (Phi) is 12.5. The first-order valence-electron chi connectivity index (χ1n) is 14.1. The van der Waals surface area contributed by atoms with Crippen LogP contribution in [-0.4, -0.2) is 37.2 Å². The van der Waals surface area contributed by atoms with Crippen LogP contribution in [0.4, 0.5) is 11.8 Å². The average Bonchev–Trinajstić information content (AvgIpc) is 2.90. The molecule has 5 nitrogen and oxygen atoms in total. The van der Waals surface area contributed by atoms with Gasteiger partial charge in [0.2, 0.25) is 5.95 Å². The summed E-state index contributed by atoms with van der Waals surface area (Å²) in [4.78, 5) is 10.3. The summed E-state index contributed by atoms with van der Waals surface area (Å²) >= 11 is 0. The molecule has 4 rings (SSSR count). The van der Waals surface area contributed by atoms with E-state index in [4.69, 9.17) is 5.73 Å². The van der Waals surface area contributed by atoms with Gasteiger partial charge < -0.3 is 16.0 Å². The van der Waals surface area contributed by atoms with Crippen LogP contribution in [0, 0.1) is 5.92 Å². The predicted molar refractivity (Wildman–Crippen MR) is 156 cm³/mol. The monoisotopic (exact) mass is 489 g/mol. The lowest BCUT2D eigenvalue weighted by Crippen LogP contribution is -2.25. The maximum Gasteiger partial charge on any atom is 0.222 e. The molecular weight excluding hydrogens is 442 g/mol. The number of anilines is 2. The molecule has 0 saturated heterocycles. The second kappa shape index (κ2) is 16.2. The van der Waals surface area contributed by atoms with E-state index in [1.165, 1.54) is 95.7 Å². The van der Waals surface area contributed by atoms with Crippen molar-refractivity contribution in [2.24, 2.45) is 5.92 Å². The minimum absolute atomic E-state index is 0.312. The van der Waals surface area contributed by atoms with E-state index in [1.54, 1.807) is 0 Å². The zero-order valence-corrected chi connectivity index (χ0v) is 22.6. The molecule has 5 heteroatoms. The molecule has 3 aromatic rings. The summed E-state index contributed by atoms with van der Waals surface area (Å²) < 4.78 is 0. The van der Waals surface area contributed by atoms with Crippen LogP contribution in [0.5, 0.6) is 0 Å². The van der Waals surface area contributed by atoms with Crippen LogP contribution in [0.3, 0.4) is 0 Å². The molecule has 1 fully saturated rings. The summed E-state index contributed by atoms with van der Waals surface area (Å²) in [5.41, 5.74) is 7.99. The predicted octanol–water partition coefficient (Wildman–Crippen LogP) is 7.02. The quantitative estimate of drug-likeness (QED) is 0.268.